The number of amides is 1. The maximum atomic E-state index is 12.8. The highest BCUT2D eigenvalue weighted by Gasteiger charge is 2.34. The molecule has 1 aromatic rings. The van der Waals surface area contributed by atoms with Gasteiger partial charge in [0.25, 0.3) is 5.91 Å². The highest BCUT2D eigenvalue weighted by atomic mass is 32.3. The fourth-order valence-corrected chi connectivity index (χ4v) is 2.99. The van der Waals surface area contributed by atoms with Crippen molar-refractivity contribution in [3.8, 4) is 0 Å². The molecule has 0 aliphatic rings. The summed E-state index contributed by atoms with van der Waals surface area (Å²) in [6, 6.07) is 4.47. The first-order chi connectivity index (χ1) is 10.7. The first-order valence-corrected chi connectivity index (χ1v) is 8.69. The van der Waals surface area contributed by atoms with Crippen molar-refractivity contribution in [2.45, 2.75) is 39.0 Å². The normalized spacial score (nSPS) is 12.7. The predicted molar refractivity (Wildman–Crippen MR) is 86.9 cm³/mol. The molecule has 6 nitrogen and oxygen atoms in total. The molecule has 0 fully saturated rings. The first kappa shape index (κ1) is 20.1. The number of halogens is 1. The zero-order chi connectivity index (χ0) is 18.8. The molecule has 0 unspecified atom stereocenters. The molecule has 0 saturated heterocycles. The van der Waals surface area contributed by atoms with E-state index in [0.717, 1.165) is 12.1 Å². The van der Waals surface area contributed by atoms with E-state index in [9.17, 15) is 27.0 Å². The van der Waals surface area contributed by atoms with Crippen LogP contribution in [-0.2, 0) is 15.0 Å². The van der Waals surface area contributed by atoms with Crippen molar-refractivity contribution in [2.24, 2.45) is 10.8 Å². The molecule has 0 spiro atoms. The molecule has 8 heteroatoms. The monoisotopic (exact) mass is 359 g/mol. The quantitative estimate of drug-likeness (QED) is 0.729. The Labute approximate surface area is 141 Å². The lowest BCUT2D eigenvalue weighted by molar-refractivity contribution is -0.148. The van der Waals surface area contributed by atoms with Gasteiger partial charge in [-0.15, -0.1) is 3.89 Å². The average Bonchev–Trinajstić information content (AvgIpc) is 2.43. The summed E-state index contributed by atoms with van der Waals surface area (Å²) in [6.45, 7) is 7.17. The minimum absolute atomic E-state index is 0.190. The topological polar surface area (TPSA) is 101 Å². The molecule has 2 N–H and O–H groups in total. The van der Waals surface area contributed by atoms with Crippen molar-refractivity contribution in [1.29, 1.82) is 0 Å². The Kier molecular flexibility index (Phi) is 5.76. The number of carbonyl (C=O) groups excluding carboxylic acids is 1. The summed E-state index contributed by atoms with van der Waals surface area (Å²) >= 11 is 0. The Morgan fingerprint density at radius 2 is 1.62 bits per heavy atom. The van der Waals surface area contributed by atoms with Gasteiger partial charge < -0.3 is 10.4 Å². The summed E-state index contributed by atoms with van der Waals surface area (Å²) in [5.41, 5.74) is -1.19. The van der Waals surface area contributed by atoms with Crippen LogP contribution in [0.3, 0.4) is 0 Å². The fourth-order valence-electron chi connectivity index (χ4n) is 2.52. The van der Waals surface area contributed by atoms with Crippen LogP contribution in [0.5, 0.6) is 0 Å². The molecule has 1 rings (SSSR count). The van der Waals surface area contributed by atoms with Gasteiger partial charge in [0, 0.05) is 12.1 Å². The van der Waals surface area contributed by atoms with Crippen LogP contribution in [0.4, 0.5) is 3.89 Å². The van der Waals surface area contributed by atoms with Crippen molar-refractivity contribution >= 4 is 22.1 Å². The first-order valence-electron chi connectivity index (χ1n) is 7.31. The molecule has 0 saturated carbocycles. The van der Waals surface area contributed by atoms with Crippen LogP contribution in [0.25, 0.3) is 0 Å². The molecule has 0 radical (unpaired) electrons. The molecule has 0 aromatic heterocycles. The Bertz CT molecular complexity index is 723. The van der Waals surface area contributed by atoms with Crippen molar-refractivity contribution in [2.75, 3.05) is 6.54 Å². The van der Waals surface area contributed by atoms with E-state index in [-0.39, 0.29) is 12.1 Å². The van der Waals surface area contributed by atoms with E-state index in [1.54, 1.807) is 13.8 Å². The van der Waals surface area contributed by atoms with E-state index in [4.69, 9.17) is 0 Å². The van der Waals surface area contributed by atoms with Gasteiger partial charge in [-0.25, -0.2) is 0 Å². The Morgan fingerprint density at radius 1 is 1.12 bits per heavy atom. The molecule has 0 aliphatic carbocycles. The minimum atomic E-state index is -4.80. The van der Waals surface area contributed by atoms with E-state index in [0.29, 0.717) is 6.42 Å². The SMILES string of the molecule is CC(C)(CNC(=O)c1ccc(S(=O)(=O)F)cc1)CC(C)(C)C(=O)O. The molecule has 1 aromatic carbocycles. The second-order valence-electron chi connectivity index (χ2n) is 7.17. The summed E-state index contributed by atoms with van der Waals surface area (Å²) in [5, 5.41) is 11.9. The molecule has 134 valence electrons. The maximum Gasteiger partial charge on any atom is 0.332 e. The Balaban J connectivity index is 2.73. The third kappa shape index (κ3) is 5.59. The van der Waals surface area contributed by atoms with Gasteiger partial charge in [0.05, 0.1) is 10.3 Å². The molecule has 0 heterocycles. The number of aliphatic carboxylic acids is 1. The number of carbonyl (C=O) groups is 2. The third-order valence-electron chi connectivity index (χ3n) is 3.62. The highest BCUT2D eigenvalue weighted by molar-refractivity contribution is 7.86. The van der Waals surface area contributed by atoms with Gasteiger partial charge in [-0.05, 0) is 49.9 Å². The lowest BCUT2D eigenvalue weighted by atomic mass is 9.75. The summed E-state index contributed by atoms with van der Waals surface area (Å²) in [4.78, 5) is 22.8. The van der Waals surface area contributed by atoms with E-state index >= 15 is 0 Å². The standard InChI is InChI=1S/C16H22FNO5S/c1-15(2,9-16(3,4)14(20)21)10-18-13(19)11-5-7-12(8-6-11)24(17,22)23/h5-8H,9-10H2,1-4H3,(H,18,19)(H,20,21). The van der Waals surface area contributed by atoms with E-state index < -0.39 is 37.8 Å². The van der Waals surface area contributed by atoms with Gasteiger partial charge in [0.2, 0.25) is 0 Å². The Hall–Kier alpha value is -1.96. The van der Waals surface area contributed by atoms with Gasteiger partial charge in [0.1, 0.15) is 0 Å². The molecular formula is C16H22FNO5S. The molecular weight excluding hydrogens is 337 g/mol. The number of rotatable bonds is 7. The van der Waals surface area contributed by atoms with Crippen LogP contribution in [0.15, 0.2) is 29.2 Å². The average molecular weight is 359 g/mol. The van der Waals surface area contributed by atoms with Crippen LogP contribution in [0.2, 0.25) is 0 Å². The summed E-state index contributed by atoms with van der Waals surface area (Å²) in [7, 11) is -4.80. The van der Waals surface area contributed by atoms with Crippen LogP contribution in [-0.4, -0.2) is 31.9 Å². The van der Waals surface area contributed by atoms with E-state index in [1.165, 1.54) is 12.1 Å². The van der Waals surface area contributed by atoms with Gasteiger partial charge in [-0.3, -0.25) is 9.59 Å². The molecule has 24 heavy (non-hydrogen) atoms. The molecule has 0 aliphatic heterocycles. The minimum Gasteiger partial charge on any atom is -0.481 e. The zero-order valence-electron chi connectivity index (χ0n) is 14.1. The van der Waals surface area contributed by atoms with Crippen LogP contribution in [0.1, 0.15) is 44.5 Å². The lowest BCUT2D eigenvalue weighted by Crippen LogP contribution is -2.38. The summed E-state index contributed by atoms with van der Waals surface area (Å²) in [5.74, 6) is -1.36. The van der Waals surface area contributed by atoms with Crippen LogP contribution in [0, 0.1) is 10.8 Å². The largest absolute Gasteiger partial charge is 0.481 e. The second kappa shape index (κ2) is 6.88. The van der Waals surface area contributed by atoms with Crippen LogP contribution >= 0.6 is 0 Å². The van der Waals surface area contributed by atoms with Crippen molar-refractivity contribution in [3.63, 3.8) is 0 Å². The lowest BCUT2D eigenvalue weighted by Gasteiger charge is -2.32. The van der Waals surface area contributed by atoms with Crippen molar-refractivity contribution < 1.29 is 27.0 Å². The summed E-state index contributed by atoms with van der Waals surface area (Å²) in [6.07, 6.45) is 0.356. The summed E-state index contributed by atoms with van der Waals surface area (Å²) < 4.78 is 34.3. The van der Waals surface area contributed by atoms with Gasteiger partial charge in [0.15, 0.2) is 0 Å². The van der Waals surface area contributed by atoms with E-state index in [1.807, 2.05) is 13.8 Å². The smallest absolute Gasteiger partial charge is 0.332 e. The number of hydrogen-bond donors (Lipinski definition) is 2. The highest BCUT2D eigenvalue weighted by Crippen LogP contribution is 2.33. The van der Waals surface area contributed by atoms with Crippen LogP contribution < -0.4 is 5.32 Å². The van der Waals surface area contributed by atoms with Gasteiger partial charge in [-0.1, -0.05) is 13.8 Å². The molecule has 0 bridgehead atoms. The third-order valence-corrected chi connectivity index (χ3v) is 4.46. The molecule has 1 amide bonds. The number of nitrogens with one attached hydrogen (secondary N) is 1. The second-order valence-corrected chi connectivity index (χ2v) is 8.52. The van der Waals surface area contributed by atoms with Gasteiger partial charge in [-0.2, -0.15) is 8.42 Å². The number of benzene rings is 1. The Morgan fingerprint density at radius 3 is 2.04 bits per heavy atom. The van der Waals surface area contributed by atoms with Crippen molar-refractivity contribution in [3.05, 3.63) is 29.8 Å². The number of hydrogen-bond acceptors (Lipinski definition) is 4. The number of carboxylic acid groups (broad SMARTS) is 1. The maximum absolute atomic E-state index is 12.8. The number of carboxylic acids is 1. The van der Waals surface area contributed by atoms with E-state index in [2.05, 4.69) is 5.32 Å². The fraction of sp³-hybridized carbons (Fsp3) is 0.500. The van der Waals surface area contributed by atoms with Gasteiger partial charge >= 0.3 is 16.2 Å². The predicted octanol–water partition coefficient (Wildman–Crippen LogP) is 2.60. The van der Waals surface area contributed by atoms with Crippen molar-refractivity contribution in [1.82, 2.24) is 5.32 Å². The zero-order valence-corrected chi connectivity index (χ0v) is 14.9. The molecule has 0 atom stereocenters.